The lowest BCUT2D eigenvalue weighted by Gasteiger charge is -2.18. The van der Waals surface area contributed by atoms with E-state index in [1.54, 1.807) is 0 Å². The zero-order valence-electron chi connectivity index (χ0n) is 53.5. The van der Waals surface area contributed by atoms with Crippen LogP contribution in [0.1, 0.15) is 342 Å². The van der Waals surface area contributed by atoms with E-state index in [0.29, 0.717) is 19.3 Å². The minimum absolute atomic E-state index is 0.0760. The first-order chi connectivity index (χ1) is 40.0. The number of esters is 3. The molecule has 0 aromatic rings. The molecule has 0 N–H and O–H groups in total. The van der Waals surface area contributed by atoms with Gasteiger partial charge in [0.2, 0.25) is 0 Å². The fourth-order valence-electron chi connectivity index (χ4n) is 9.96. The Kier molecular flexibility index (Phi) is 65.7. The molecule has 0 aliphatic heterocycles. The summed E-state index contributed by atoms with van der Waals surface area (Å²) < 4.78 is 16.9. The Morgan fingerprint density at radius 3 is 0.753 bits per heavy atom. The Bertz CT molecular complexity index is 1580. The largest absolute Gasteiger partial charge is 0.462 e. The number of hydrogen-bond acceptors (Lipinski definition) is 6. The average molecular weight is 1130 g/mol. The third kappa shape index (κ3) is 67.0. The summed E-state index contributed by atoms with van der Waals surface area (Å²) >= 11 is 0. The first-order valence-corrected chi connectivity index (χ1v) is 34.7. The van der Waals surface area contributed by atoms with Crippen molar-refractivity contribution in [1.82, 2.24) is 0 Å². The molecule has 1 unspecified atom stereocenters. The number of allylic oxidation sites excluding steroid dienone is 16. The summed E-state index contributed by atoms with van der Waals surface area (Å²) in [6.45, 7) is 6.40. The fourth-order valence-corrected chi connectivity index (χ4v) is 9.96. The van der Waals surface area contributed by atoms with E-state index in [0.717, 1.165) is 116 Å². The highest BCUT2D eigenvalue weighted by molar-refractivity contribution is 5.71. The lowest BCUT2D eigenvalue weighted by molar-refractivity contribution is -0.167. The molecule has 1 atom stereocenters. The van der Waals surface area contributed by atoms with E-state index in [4.69, 9.17) is 14.2 Å². The van der Waals surface area contributed by atoms with Crippen molar-refractivity contribution in [3.05, 3.63) is 97.2 Å². The normalized spacial score (nSPS) is 12.7. The van der Waals surface area contributed by atoms with Crippen LogP contribution in [-0.2, 0) is 28.6 Å². The second kappa shape index (κ2) is 68.8. The highest BCUT2D eigenvalue weighted by Gasteiger charge is 2.19. The molecule has 0 fully saturated rings. The molecule has 0 heterocycles. The van der Waals surface area contributed by atoms with Gasteiger partial charge >= 0.3 is 17.9 Å². The van der Waals surface area contributed by atoms with Gasteiger partial charge in [0.05, 0.1) is 0 Å². The Balaban J connectivity index is 4.00. The first kappa shape index (κ1) is 77.3. The van der Waals surface area contributed by atoms with E-state index in [2.05, 4.69) is 118 Å². The maximum atomic E-state index is 12.9. The molecule has 0 amide bonds. The monoisotopic (exact) mass is 1130 g/mol. The molecule has 0 saturated carbocycles. The van der Waals surface area contributed by atoms with E-state index < -0.39 is 6.10 Å². The summed E-state index contributed by atoms with van der Waals surface area (Å²) in [4.78, 5) is 38.1. The van der Waals surface area contributed by atoms with Crippen LogP contribution in [-0.4, -0.2) is 37.2 Å². The Labute approximate surface area is 502 Å². The number of carbonyl (C=O) groups is 3. The van der Waals surface area contributed by atoms with Crippen LogP contribution >= 0.6 is 0 Å². The van der Waals surface area contributed by atoms with Crippen LogP contribution in [0.25, 0.3) is 0 Å². The van der Waals surface area contributed by atoms with Crippen LogP contribution < -0.4 is 0 Å². The minimum Gasteiger partial charge on any atom is -0.462 e. The molecule has 0 radical (unpaired) electrons. The van der Waals surface area contributed by atoms with Gasteiger partial charge in [-0.25, -0.2) is 0 Å². The molecule has 0 aliphatic carbocycles. The van der Waals surface area contributed by atoms with Crippen LogP contribution in [0, 0.1) is 0 Å². The van der Waals surface area contributed by atoms with Crippen molar-refractivity contribution in [3.8, 4) is 0 Å². The van der Waals surface area contributed by atoms with Crippen LogP contribution in [0.3, 0.4) is 0 Å². The van der Waals surface area contributed by atoms with E-state index >= 15 is 0 Å². The molecule has 0 spiro atoms. The number of rotatable bonds is 63. The highest BCUT2D eigenvalue weighted by Crippen LogP contribution is 2.18. The maximum absolute atomic E-state index is 12.9. The van der Waals surface area contributed by atoms with Gasteiger partial charge in [0.15, 0.2) is 6.10 Å². The number of unbranched alkanes of at least 4 members (excludes halogenated alkanes) is 36. The lowest BCUT2D eigenvalue weighted by Crippen LogP contribution is -2.30. The highest BCUT2D eigenvalue weighted by atomic mass is 16.6. The van der Waals surface area contributed by atoms with Gasteiger partial charge in [0, 0.05) is 19.3 Å². The van der Waals surface area contributed by atoms with Crippen molar-refractivity contribution in [2.24, 2.45) is 0 Å². The zero-order valence-corrected chi connectivity index (χ0v) is 53.5. The van der Waals surface area contributed by atoms with Gasteiger partial charge in [-0.15, -0.1) is 0 Å². The van der Waals surface area contributed by atoms with E-state index in [1.807, 2.05) is 0 Å². The van der Waals surface area contributed by atoms with E-state index in [1.165, 1.54) is 186 Å². The molecular formula is C75H130O6. The zero-order chi connectivity index (χ0) is 58.5. The lowest BCUT2D eigenvalue weighted by atomic mass is 10.0. The third-order valence-corrected chi connectivity index (χ3v) is 15.1. The van der Waals surface area contributed by atoms with Crippen LogP contribution in [0.15, 0.2) is 97.2 Å². The summed E-state index contributed by atoms with van der Waals surface area (Å²) in [6, 6.07) is 0. The van der Waals surface area contributed by atoms with E-state index in [-0.39, 0.29) is 31.1 Å². The van der Waals surface area contributed by atoms with Crippen molar-refractivity contribution >= 4 is 17.9 Å². The van der Waals surface area contributed by atoms with Gasteiger partial charge in [-0.3, -0.25) is 14.4 Å². The second-order valence-corrected chi connectivity index (χ2v) is 23.0. The fraction of sp³-hybridized carbons (Fsp3) is 0.747. The molecule has 466 valence electrons. The van der Waals surface area contributed by atoms with Crippen LogP contribution in [0.5, 0.6) is 0 Å². The third-order valence-electron chi connectivity index (χ3n) is 15.1. The number of hydrogen-bond donors (Lipinski definition) is 0. The average Bonchev–Trinajstić information content (AvgIpc) is 3.47. The van der Waals surface area contributed by atoms with Crippen molar-refractivity contribution in [2.45, 2.75) is 348 Å². The SMILES string of the molecule is CC/C=C\C/C=C\C/C=C\C/C=C\CCCCCCCCCCCCCCCCCCCCCCCCC(=O)OCC(COC(=O)CCCCCCCCC)OC(=O)CCCCCCCCCC/C=C\C/C=C\C/C=C\C/C=C\CC. The topological polar surface area (TPSA) is 78.9 Å². The minimum atomic E-state index is -0.778. The maximum Gasteiger partial charge on any atom is 0.306 e. The van der Waals surface area contributed by atoms with Crippen molar-refractivity contribution < 1.29 is 28.6 Å². The van der Waals surface area contributed by atoms with E-state index in [9.17, 15) is 14.4 Å². The summed E-state index contributed by atoms with van der Waals surface area (Å²) in [6.07, 6.45) is 93.3. The molecule has 0 aromatic carbocycles. The smallest absolute Gasteiger partial charge is 0.306 e. The molecule has 0 saturated heterocycles. The summed E-state index contributed by atoms with van der Waals surface area (Å²) in [5.41, 5.74) is 0. The summed E-state index contributed by atoms with van der Waals surface area (Å²) in [5, 5.41) is 0. The van der Waals surface area contributed by atoms with Gasteiger partial charge in [-0.05, 0) is 96.3 Å². The van der Waals surface area contributed by atoms with Gasteiger partial charge in [0.25, 0.3) is 0 Å². The number of ether oxygens (including phenoxy) is 3. The second-order valence-electron chi connectivity index (χ2n) is 23.0. The molecule has 6 nitrogen and oxygen atoms in total. The van der Waals surface area contributed by atoms with Crippen molar-refractivity contribution in [1.29, 1.82) is 0 Å². The van der Waals surface area contributed by atoms with Crippen LogP contribution in [0.4, 0.5) is 0 Å². The van der Waals surface area contributed by atoms with Gasteiger partial charge in [0.1, 0.15) is 13.2 Å². The van der Waals surface area contributed by atoms with Gasteiger partial charge in [-0.1, -0.05) is 323 Å². The molecule has 0 aromatic heterocycles. The molecular weight excluding hydrogens is 997 g/mol. The quantitative estimate of drug-likeness (QED) is 0.0261. The molecule has 0 aliphatic rings. The Morgan fingerprint density at radius 2 is 0.481 bits per heavy atom. The van der Waals surface area contributed by atoms with Gasteiger partial charge < -0.3 is 14.2 Å². The predicted octanol–water partition coefficient (Wildman–Crippen LogP) is 24.0. The standard InChI is InChI=1S/C75H130O6/c1-4-7-10-13-16-18-20-22-24-26-28-30-31-32-33-34-35-36-37-38-39-40-41-42-43-45-46-48-50-52-54-56-59-62-65-68-74(77)80-71-72(70-79-73(76)67-64-61-58-15-12-9-6-3)81-75(78)69-66-63-60-57-55-53-51-49-47-44-29-27-25-23-21-19-17-14-11-8-5-2/h7-8,10-11,16-19,22-25,28-30,44,72H,4-6,9,12-15,20-21,26-27,31-43,45-71H2,1-3H3/b10-7-,11-8-,18-16-,19-17-,24-22-,25-23-,30-28-,44-29-. The molecule has 81 heavy (non-hydrogen) atoms. The molecule has 0 bridgehead atoms. The van der Waals surface area contributed by atoms with Crippen molar-refractivity contribution in [3.63, 3.8) is 0 Å². The summed E-state index contributed by atoms with van der Waals surface area (Å²) in [7, 11) is 0. The Morgan fingerprint density at radius 1 is 0.259 bits per heavy atom. The predicted molar refractivity (Wildman–Crippen MR) is 353 cm³/mol. The van der Waals surface area contributed by atoms with Gasteiger partial charge in [-0.2, -0.15) is 0 Å². The Hall–Kier alpha value is -3.67. The first-order valence-electron chi connectivity index (χ1n) is 34.7. The molecule has 6 heteroatoms. The van der Waals surface area contributed by atoms with Crippen LogP contribution in [0.2, 0.25) is 0 Å². The number of carbonyl (C=O) groups excluding carboxylic acids is 3. The van der Waals surface area contributed by atoms with Crippen molar-refractivity contribution in [2.75, 3.05) is 13.2 Å². The molecule has 0 rings (SSSR count). The summed E-state index contributed by atoms with van der Waals surface area (Å²) in [5.74, 6) is -0.876.